The normalized spacial score (nSPS) is 10.9. The SMILES string of the molecule is CNCc1nc(Cn2cnc(C)c2C)cs1. The lowest BCUT2D eigenvalue weighted by atomic mass is 10.3. The summed E-state index contributed by atoms with van der Waals surface area (Å²) in [7, 11) is 1.93. The Morgan fingerprint density at radius 2 is 2.25 bits per heavy atom. The van der Waals surface area contributed by atoms with E-state index in [-0.39, 0.29) is 0 Å². The molecule has 2 aromatic rings. The van der Waals surface area contributed by atoms with Gasteiger partial charge in [0, 0.05) is 17.6 Å². The summed E-state index contributed by atoms with van der Waals surface area (Å²) in [6.45, 7) is 5.77. The lowest BCUT2D eigenvalue weighted by Gasteiger charge is -2.02. The number of hydrogen-bond acceptors (Lipinski definition) is 4. The van der Waals surface area contributed by atoms with Gasteiger partial charge in [-0.2, -0.15) is 0 Å². The van der Waals surface area contributed by atoms with Crippen LogP contribution in [-0.4, -0.2) is 21.6 Å². The fraction of sp³-hybridized carbons (Fsp3) is 0.455. The number of imidazole rings is 1. The van der Waals surface area contributed by atoms with Crippen molar-refractivity contribution >= 4 is 11.3 Å². The van der Waals surface area contributed by atoms with Crippen molar-refractivity contribution in [3.8, 4) is 0 Å². The molecule has 0 atom stereocenters. The Labute approximate surface area is 99.4 Å². The van der Waals surface area contributed by atoms with Crippen molar-refractivity contribution in [2.75, 3.05) is 7.05 Å². The third-order valence-corrected chi connectivity index (χ3v) is 3.50. The number of rotatable bonds is 4. The number of hydrogen-bond donors (Lipinski definition) is 1. The van der Waals surface area contributed by atoms with Crippen LogP contribution in [0.25, 0.3) is 0 Å². The summed E-state index contributed by atoms with van der Waals surface area (Å²) >= 11 is 1.70. The third-order valence-electron chi connectivity index (χ3n) is 2.60. The summed E-state index contributed by atoms with van der Waals surface area (Å²) in [4.78, 5) is 8.83. The molecule has 0 fully saturated rings. The van der Waals surface area contributed by atoms with Gasteiger partial charge in [0.1, 0.15) is 5.01 Å². The van der Waals surface area contributed by atoms with Gasteiger partial charge >= 0.3 is 0 Å². The van der Waals surface area contributed by atoms with Crippen molar-refractivity contribution in [2.45, 2.75) is 26.9 Å². The molecular formula is C11H16N4S. The van der Waals surface area contributed by atoms with E-state index in [2.05, 4.69) is 32.2 Å². The maximum Gasteiger partial charge on any atom is 0.107 e. The molecule has 2 heterocycles. The van der Waals surface area contributed by atoms with E-state index >= 15 is 0 Å². The number of nitrogens with zero attached hydrogens (tertiary/aromatic N) is 3. The van der Waals surface area contributed by atoms with E-state index in [1.807, 2.05) is 20.3 Å². The monoisotopic (exact) mass is 236 g/mol. The van der Waals surface area contributed by atoms with E-state index in [9.17, 15) is 0 Å². The number of aromatic nitrogens is 3. The predicted octanol–water partition coefficient (Wildman–Crippen LogP) is 1.72. The molecule has 0 aliphatic heterocycles. The van der Waals surface area contributed by atoms with Crippen molar-refractivity contribution in [3.63, 3.8) is 0 Å². The van der Waals surface area contributed by atoms with Gasteiger partial charge in [-0.1, -0.05) is 0 Å². The maximum atomic E-state index is 4.55. The Hall–Kier alpha value is -1.20. The van der Waals surface area contributed by atoms with Crippen LogP contribution < -0.4 is 5.32 Å². The van der Waals surface area contributed by atoms with Crippen molar-refractivity contribution < 1.29 is 0 Å². The highest BCUT2D eigenvalue weighted by atomic mass is 32.1. The van der Waals surface area contributed by atoms with Crippen molar-refractivity contribution in [3.05, 3.63) is 33.8 Å². The molecule has 16 heavy (non-hydrogen) atoms. The molecule has 0 aliphatic carbocycles. The average molecular weight is 236 g/mol. The zero-order valence-corrected chi connectivity index (χ0v) is 10.6. The zero-order valence-electron chi connectivity index (χ0n) is 9.82. The van der Waals surface area contributed by atoms with Crippen LogP contribution in [-0.2, 0) is 13.1 Å². The largest absolute Gasteiger partial charge is 0.329 e. The second-order valence-corrected chi connectivity index (χ2v) is 4.75. The van der Waals surface area contributed by atoms with Crippen LogP contribution in [0, 0.1) is 13.8 Å². The summed E-state index contributed by atoms with van der Waals surface area (Å²) in [5.74, 6) is 0. The molecule has 5 heteroatoms. The molecular weight excluding hydrogens is 220 g/mol. The Balaban J connectivity index is 2.11. The van der Waals surface area contributed by atoms with E-state index in [1.54, 1.807) is 11.3 Å². The molecule has 4 nitrogen and oxygen atoms in total. The topological polar surface area (TPSA) is 42.7 Å². The second-order valence-electron chi connectivity index (χ2n) is 3.81. The second kappa shape index (κ2) is 4.76. The van der Waals surface area contributed by atoms with Gasteiger partial charge in [-0.15, -0.1) is 11.3 Å². The first-order chi connectivity index (χ1) is 7.70. The summed E-state index contributed by atoms with van der Waals surface area (Å²) in [6, 6.07) is 0. The standard InChI is InChI=1S/C11H16N4S/c1-8-9(2)15(7-13-8)5-10-6-16-11(14-10)4-12-3/h6-7,12H,4-5H2,1-3H3. The molecule has 0 unspecified atom stereocenters. The van der Waals surface area contributed by atoms with Gasteiger partial charge in [0.2, 0.25) is 0 Å². The molecule has 2 aromatic heterocycles. The Morgan fingerprint density at radius 1 is 1.44 bits per heavy atom. The van der Waals surface area contributed by atoms with Crippen LogP contribution in [0.15, 0.2) is 11.7 Å². The molecule has 0 bridgehead atoms. The predicted molar refractivity (Wildman–Crippen MR) is 65.7 cm³/mol. The molecule has 0 radical (unpaired) electrons. The quantitative estimate of drug-likeness (QED) is 0.879. The molecule has 1 N–H and O–H groups in total. The van der Waals surface area contributed by atoms with E-state index in [4.69, 9.17) is 0 Å². The molecule has 0 saturated heterocycles. The number of nitrogens with one attached hydrogen (secondary N) is 1. The first-order valence-corrected chi connectivity index (χ1v) is 6.15. The molecule has 0 aromatic carbocycles. The molecule has 0 spiro atoms. The van der Waals surface area contributed by atoms with Gasteiger partial charge in [0.15, 0.2) is 0 Å². The van der Waals surface area contributed by atoms with Crippen molar-refractivity contribution in [2.24, 2.45) is 0 Å². The van der Waals surface area contributed by atoms with E-state index in [0.717, 1.165) is 29.5 Å². The van der Waals surface area contributed by atoms with Gasteiger partial charge in [-0.05, 0) is 20.9 Å². The maximum absolute atomic E-state index is 4.55. The lowest BCUT2D eigenvalue weighted by molar-refractivity contribution is 0.740. The highest BCUT2D eigenvalue weighted by molar-refractivity contribution is 7.09. The molecule has 86 valence electrons. The first kappa shape index (κ1) is 11.3. The van der Waals surface area contributed by atoms with Gasteiger partial charge in [0.25, 0.3) is 0 Å². The van der Waals surface area contributed by atoms with Crippen LogP contribution in [0.4, 0.5) is 0 Å². The zero-order chi connectivity index (χ0) is 11.5. The van der Waals surface area contributed by atoms with Gasteiger partial charge in [0.05, 0.1) is 24.3 Å². The molecule has 2 rings (SSSR count). The van der Waals surface area contributed by atoms with Crippen molar-refractivity contribution in [1.82, 2.24) is 19.9 Å². The third kappa shape index (κ3) is 2.31. The van der Waals surface area contributed by atoms with Crippen LogP contribution in [0.5, 0.6) is 0 Å². The minimum absolute atomic E-state index is 0.812. The summed E-state index contributed by atoms with van der Waals surface area (Å²) in [5.41, 5.74) is 3.41. The average Bonchev–Trinajstić information content (AvgIpc) is 2.82. The number of thiazole rings is 1. The van der Waals surface area contributed by atoms with E-state index in [1.165, 1.54) is 5.69 Å². The minimum Gasteiger partial charge on any atom is -0.329 e. The Kier molecular flexibility index (Phi) is 3.36. The van der Waals surface area contributed by atoms with E-state index in [0.29, 0.717) is 0 Å². The summed E-state index contributed by atoms with van der Waals surface area (Å²) in [6.07, 6.45) is 1.88. The van der Waals surface area contributed by atoms with E-state index < -0.39 is 0 Å². The van der Waals surface area contributed by atoms with Gasteiger partial charge in [-0.25, -0.2) is 9.97 Å². The summed E-state index contributed by atoms with van der Waals surface area (Å²) in [5, 5.41) is 6.35. The van der Waals surface area contributed by atoms with Gasteiger partial charge < -0.3 is 9.88 Å². The highest BCUT2D eigenvalue weighted by Gasteiger charge is 2.05. The molecule has 0 amide bonds. The first-order valence-electron chi connectivity index (χ1n) is 5.27. The minimum atomic E-state index is 0.812. The van der Waals surface area contributed by atoms with Crippen LogP contribution in [0.3, 0.4) is 0 Å². The molecule has 0 saturated carbocycles. The fourth-order valence-corrected chi connectivity index (χ4v) is 2.33. The van der Waals surface area contributed by atoms with Crippen LogP contribution in [0.2, 0.25) is 0 Å². The highest BCUT2D eigenvalue weighted by Crippen LogP contribution is 2.12. The molecule has 0 aliphatic rings. The van der Waals surface area contributed by atoms with Crippen LogP contribution in [0.1, 0.15) is 22.1 Å². The smallest absolute Gasteiger partial charge is 0.107 e. The lowest BCUT2D eigenvalue weighted by Crippen LogP contribution is -2.05. The van der Waals surface area contributed by atoms with Crippen LogP contribution >= 0.6 is 11.3 Å². The van der Waals surface area contributed by atoms with Gasteiger partial charge in [-0.3, -0.25) is 0 Å². The van der Waals surface area contributed by atoms with Crippen molar-refractivity contribution in [1.29, 1.82) is 0 Å². The number of aryl methyl sites for hydroxylation is 1. The Morgan fingerprint density at radius 3 is 2.88 bits per heavy atom. The summed E-state index contributed by atoms with van der Waals surface area (Å²) < 4.78 is 2.13. The fourth-order valence-electron chi connectivity index (χ4n) is 1.53. The Bertz CT molecular complexity index is 472.